The lowest BCUT2D eigenvalue weighted by atomic mass is 10.1. The molecule has 0 spiro atoms. The number of ether oxygens (including phenoxy) is 2. The molecular weight excluding hydrogens is 421 g/mol. The summed E-state index contributed by atoms with van der Waals surface area (Å²) in [6, 6.07) is 3.84. The highest BCUT2D eigenvalue weighted by molar-refractivity contribution is 6.12. The van der Waals surface area contributed by atoms with Crippen molar-refractivity contribution in [2.45, 2.75) is 19.5 Å². The molecule has 7 nitrogen and oxygen atoms in total. The molecule has 150 valence electrons. The van der Waals surface area contributed by atoms with Gasteiger partial charge < -0.3 is 23.4 Å². The van der Waals surface area contributed by atoms with Crippen LogP contribution in [0.25, 0.3) is 0 Å². The zero-order valence-electron chi connectivity index (χ0n) is 14.2. The van der Waals surface area contributed by atoms with Gasteiger partial charge in [0, 0.05) is 5.56 Å². The number of aromatic nitrogens is 1. The Morgan fingerprint density at radius 3 is 2.39 bits per heavy atom. The van der Waals surface area contributed by atoms with Crippen LogP contribution in [-0.4, -0.2) is 24.1 Å². The second-order valence-corrected chi connectivity index (χ2v) is 6.22. The molecule has 1 fully saturated rings. The Labute approximate surface area is 168 Å². The summed E-state index contributed by atoms with van der Waals surface area (Å²) >= 11 is 10.7. The normalized spacial score (nSPS) is 13.2. The summed E-state index contributed by atoms with van der Waals surface area (Å²) in [4.78, 5) is 16.4. The second-order valence-electron chi connectivity index (χ2n) is 5.91. The van der Waals surface area contributed by atoms with E-state index in [2.05, 4.69) is 23.6 Å². The predicted molar refractivity (Wildman–Crippen MR) is 96.4 cm³/mol. The third-order valence-corrected chi connectivity index (χ3v) is 4.21. The number of anilines is 1. The number of rotatable bonds is 9. The monoisotopic (exact) mass is 434 g/mol. The van der Waals surface area contributed by atoms with Crippen LogP contribution in [0, 0.1) is 5.92 Å². The molecule has 1 saturated carbocycles. The summed E-state index contributed by atoms with van der Waals surface area (Å²) in [5.74, 6) is -0.369. The molecule has 2 aromatic rings. The lowest BCUT2D eigenvalue weighted by Gasteiger charge is -2.14. The SMILES string of the molecule is O=C(Nc1c(OCl)cncc1OCl)c1ccc(OC(F)F)c(OCC2CC2)c1. The molecule has 0 unspecified atom stereocenters. The van der Waals surface area contributed by atoms with Crippen molar-refractivity contribution in [3.63, 3.8) is 0 Å². The van der Waals surface area contributed by atoms with E-state index >= 15 is 0 Å². The highest BCUT2D eigenvalue weighted by atomic mass is 35.5. The molecule has 0 bridgehead atoms. The first-order valence-corrected chi connectivity index (χ1v) is 8.71. The molecule has 0 atom stereocenters. The van der Waals surface area contributed by atoms with Crippen LogP contribution in [0.4, 0.5) is 14.5 Å². The van der Waals surface area contributed by atoms with Gasteiger partial charge in [-0.05, 0) is 37.0 Å². The number of alkyl halides is 2. The first-order chi connectivity index (χ1) is 13.5. The lowest BCUT2D eigenvalue weighted by molar-refractivity contribution is -0.0515. The zero-order chi connectivity index (χ0) is 20.1. The molecule has 1 aliphatic rings. The number of carbonyl (C=O) groups is 1. The van der Waals surface area contributed by atoms with Gasteiger partial charge in [0.05, 0.1) is 19.0 Å². The van der Waals surface area contributed by atoms with Crippen molar-refractivity contribution < 1.29 is 31.6 Å². The fourth-order valence-electron chi connectivity index (χ4n) is 2.30. The lowest BCUT2D eigenvalue weighted by Crippen LogP contribution is -2.14. The molecule has 11 heteroatoms. The molecule has 0 aliphatic heterocycles. The van der Waals surface area contributed by atoms with Crippen LogP contribution in [0.5, 0.6) is 23.0 Å². The largest absolute Gasteiger partial charge is 0.489 e. The Morgan fingerprint density at radius 2 is 1.82 bits per heavy atom. The number of amides is 1. The number of nitrogens with zero attached hydrogens (tertiary/aromatic N) is 1. The summed E-state index contributed by atoms with van der Waals surface area (Å²) < 4.78 is 44.4. The molecule has 0 radical (unpaired) electrons. The molecule has 1 amide bonds. The van der Waals surface area contributed by atoms with E-state index in [0.29, 0.717) is 12.5 Å². The molecule has 1 heterocycles. The van der Waals surface area contributed by atoms with Crippen molar-refractivity contribution in [1.29, 1.82) is 0 Å². The van der Waals surface area contributed by atoms with Crippen molar-refractivity contribution in [2.75, 3.05) is 11.9 Å². The third-order valence-electron chi connectivity index (χ3n) is 3.87. The topological polar surface area (TPSA) is 78.9 Å². The van der Waals surface area contributed by atoms with Gasteiger partial charge in [0.15, 0.2) is 23.0 Å². The van der Waals surface area contributed by atoms with Crippen molar-refractivity contribution in [3.05, 3.63) is 36.2 Å². The average molecular weight is 435 g/mol. The van der Waals surface area contributed by atoms with Gasteiger partial charge in [0.2, 0.25) is 0 Å². The van der Waals surface area contributed by atoms with Crippen LogP contribution in [0.2, 0.25) is 0 Å². The Hall–Kier alpha value is -2.52. The zero-order valence-corrected chi connectivity index (χ0v) is 15.7. The number of benzene rings is 1. The van der Waals surface area contributed by atoms with E-state index in [1.807, 2.05) is 0 Å². The van der Waals surface area contributed by atoms with E-state index in [1.54, 1.807) is 0 Å². The fourth-order valence-corrected chi connectivity index (χ4v) is 2.53. The molecule has 3 rings (SSSR count). The number of hydrogen-bond donors (Lipinski definition) is 1. The molecule has 1 N–H and O–H groups in total. The van der Waals surface area contributed by atoms with Crippen molar-refractivity contribution >= 4 is 35.3 Å². The second kappa shape index (κ2) is 9.11. The van der Waals surface area contributed by atoms with Crippen LogP contribution >= 0.6 is 23.7 Å². The van der Waals surface area contributed by atoms with E-state index < -0.39 is 12.5 Å². The van der Waals surface area contributed by atoms with Gasteiger partial charge in [-0.15, -0.1) is 0 Å². The Bertz CT molecular complexity index is 830. The maximum absolute atomic E-state index is 12.6. The standard InChI is InChI=1S/C17H14Cl2F2N2O5/c18-27-13-6-22-7-14(28-19)15(13)23-16(24)10-3-4-11(26-17(20)21)12(5-10)25-8-9-1-2-9/h3-7,9,17H,1-2,8H2,(H,22,23,24). The summed E-state index contributed by atoms with van der Waals surface area (Å²) in [5.41, 5.74) is 0.156. The van der Waals surface area contributed by atoms with Crippen LogP contribution in [-0.2, 0) is 0 Å². The summed E-state index contributed by atoms with van der Waals surface area (Å²) in [6.45, 7) is -2.67. The predicted octanol–water partition coefficient (Wildman–Crippen LogP) is 4.79. The number of carbonyl (C=O) groups excluding carboxylic acids is 1. The smallest absolute Gasteiger partial charge is 0.387 e. The Kier molecular flexibility index (Phi) is 6.58. The molecular formula is C17H14Cl2F2N2O5. The maximum Gasteiger partial charge on any atom is 0.387 e. The quantitative estimate of drug-likeness (QED) is 0.611. The van der Waals surface area contributed by atoms with E-state index in [-0.39, 0.29) is 34.2 Å². The van der Waals surface area contributed by atoms with Crippen LogP contribution in [0.1, 0.15) is 23.2 Å². The summed E-state index contributed by atoms with van der Waals surface area (Å²) in [6.07, 6.45) is 4.50. The maximum atomic E-state index is 12.6. The van der Waals surface area contributed by atoms with E-state index in [1.165, 1.54) is 30.6 Å². The van der Waals surface area contributed by atoms with E-state index in [9.17, 15) is 13.6 Å². The molecule has 1 aromatic heterocycles. The fraction of sp³-hybridized carbons (Fsp3) is 0.294. The minimum Gasteiger partial charge on any atom is -0.489 e. The van der Waals surface area contributed by atoms with Crippen molar-refractivity contribution in [3.8, 4) is 23.0 Å². The molecule has 1 aliphatic carbocycles. The highest BCUT2D eigenvalue weighted by Gasteiger charge is 2.24. The molecule has 28 heavy (non-hydrogen) atoms. The number of hydrogen-bond acceptors (Lipinski definition) is 6. The number of halogens is 4. The van der Waals surface area contributed by atoms with Crippen molar-refractivity contribution in [2.24, 2.45) is 5.92 Å². The van der Waals surface area contributed by atoms with Gasteiger partial charge in [0.1, 0.15) is 29.4 Å². The minimum absolute atomic E-state index is 0.00368. The van der Waals surface area contributed by atoms with Crippen LogP contribution in [0.15, 0.2) is 30.6 Å². The van der Waals surface area contributed by atoms with Gasteiger partial charge in [0.25, 0.3) is 5.91 Å². The summed E-state index contributed by atoms with van der Waals surface area (Å²) in [7, 11) is 0. The van der Waals surface area contributed by atoms with Crippen molar-refractivity contribution in [1.82, 2.24) is 4.98 Å². The van der Waals surface area contributed by atoms with Gasteiger partial charge >= 0.3 is 6.61 Å². The minimum atomic E-state index is -3.02. The average Bonchev–Trinajstić information content (AvgIpc) is 3.51. The van der Waals surface area contributed by atoms with Crippen LogP contribution < -0.4 is 23.4 Å². The van der Waals surface area contributed by atoms with Gasteiger partial charge in [-0.25, -0.2) is 0 Å². The number of nitrogens with one attached hydrogen (secondary N) is 1. The Balaban J connectivity index is 1.84. The van der Waals surface area contributed by atoms with E-state index in [4.69, 9.17) is 28.5 Å². The van der Waals surface area contributed by atoms with Gasteiger partial charge in [-0.2, -0.15) is 8.78 Å². The third kappa shape index (κ3) is 5.05. The Morgan fingerprint density at radius 1 is 1.14 bits per heavy atom. The number of pyridine rings is 1. The van der Waals surface area contributed by atoms with Gasteiger partial charge in [-0.3, -0.25) is 9.78 Å². The summed E-state index contributed by atoms with van der Waals surface area (Å²) in [5, 5.41) is 2.52. The van der Waals surface area contributed by atoms with Gasteiger partial charge in [-0.1, -0.05) is 0 Å². The molecule has 0 saturated heterocycles. The van der Waals surface area contributed by atoms with Crippen LogP contribution in [0.3, 0.4) is 0 Å². The highest BCUT2D eigenvalue weighted by Crippen LogP contribution is 2.37. The first-order valence-electron chi connectivity index (χ1n) is 8.10. The first kappa shape index (κ1) is 20.2. The van der Waals surface area contributed by atoms with E-state index in [0.717, 1.165) is 12.8 Å². The molecule has 1 aromatic carbocycles.